The van der Waals surface area contributed by atoms with Crippen LogP contribution in [0.25, 0.3) is 0 Å². The maximum atomic E-state index is 12.3. The minimum Gasteiger partial charge on any atom is -0.384 e. The summed E-state index contributed by atoms with van der Waals surface area (Å²) in [4.78, 5) is 14.4. The predicted octanol–water partition coefficient (Wildman–Crippen LogP) is 0.727. The molecular weight excluding hydrogens is 216 g/mol. The molecule has 0 aromatic heterocycles. The van der Waals surface area contributed by atoms with Crippen molar-refractivity contribution in [3.63, 3.8) is 0 Å². The maximum Gasteiger partial charge on any atom is 0.226 e. The highest BCUT2D eigenvalue weighted by molar-refractivity contribution is 5.79. The minimum atomic E-state index is 0.206. The molecule has 2 fully saturated rings. The molecule has 17 heavy (non-hydrogen) atoms. The lowest BCUT2D eigenvalue weighted by molar-refractivity contribution is -0.135. The van der Waals surface area contributed by atoms with E-state index in [1.165, 1.54) is 0 Å². The molecule has 0 radical (unpaired) electrons. The molecule has 2 rings (SSSR count). The number of hydrogen-bond acceptors (Lipinski definition) is 3. The Morgan fingerprint density at radius 2 is 2.29 bits per heavy atom. The van der Waals surface area contributed by atoms with Crippen LogP contribution in [0.5, 0.6) is 0 Å². The number of likely N-dealkylation sites (tertiary alicyclic amines) is 1. The molecule has 0 aromatic rings. The van der Waals surface area contributed by atoms with E-state index in [0.717, 1.165) is 45.6 Å². The molecule has 2 aliphatic rings. The van der Waals surface area contributed by atoms with E-state index in [1.807, 2.05) is 4.90 Å². The van der Waals surface area contributed by atoms with Crippen molar-refractivity contribution in [2.75, 3.05) is 39.9 Å². The number of hydrogen-bond donors (Lipinski definition) is 1. The second kappa shape index (κ2) is 5.83. The van der Waals surface area contributed by atoms with E-state index >= 15 is 0 Å². The van der Waals surface area contributed by atoms with E-state index in [9.17, 15) is 4.79 Å². The van der Waals surface area contributed by atoms with E-state index in [-0.39, 0.29) is 5.92 Å². The summed E-state index contributed by atoms with van der Waals surface area (Å²) in [5.74, 6) is 1.64. The zero-order valence-corrected chi connectivity index (χ0v) is 10.9. The number of piperidine rings is 1. The fraction of sp³-hybridized carbons (Fsp3) is 0.923. The van der Waals surface area contributed by atoms with Crippen LogP contribution in [0.3, 0.4) is 0 Å². The standard InChI is InChI=1S/C13H24N2O2/c1-10-7-15(8-12(10)9-17-2)13(16)11-4-3-5-14-6-11/h10-12,14H,3-9H2,1-2H3/t10-,11-,12-/m0/s1. The molecule has 0 aliphatic carbocycles. The molecule has 1 N–H and O–H groups in total. The van der Waals surface area contributed by atoms with Crippen LogP contribution in [-0.2, 0) is 9.53 Å². The average Bonchev–Trinajstić information content (AvgIpc) is 2.72. The SMILES string of the molecule is COC[C@@H]1CN(C(=O)[C@H]2CCCNC2)C[C@@H]1C. The van der Waals surface area contributed by atoms with Gasteiger partial charge in [-0.1, -0.05) is 6.92 Å². The summed E-state index contributed by atoms with van der Waals surface area (Å²) in [5.41, 5.74) is 0. The molecular formula is C13H24N2O2. The highest BCUT2D eigenvalue weighted by atomic mass is 16.5. The molecule has 4 nitrogen and oxygen atoms in total. The van der Waals surface area contributed by atoms with Crippen molar-refractivity contribution in [3.05, 3.63) is 0 Å². The highest BCUT2D eigenvalue weighted by Gasteiger charge is 2.35. The Bertz CT molecular complexity index is 264. The number of carbonyl (C=O) groups is 1. The summed E-state index contributed by atoms with van der Waals surface area (Å²) in [5, 5.41) is 3.31. The maximum absolute atomic E-state index is 12.3. The van der Waals surface area contributed by atoms with Gasteiger partial charge in [0.05, 0.1) is 12.5 Å². The van der Waals surface area contributed by atoms with E-state index < -0.39 is 0 Å². The Balaban J connectivity index is 1.88. The Labute approximate surface area is 104 Å². The summed E-state index contributed by atoms with van der Waals surface area (Å²) in [6.07, 6.45) is 2.17. The number of nitrogens with zero attached hydrogens (tertiary/aromatic N) is 1. The van der Waals surface area contributed by atoms with Crippen LogP contribution in [0.2, 0.25) is 0 Å². The van der Waals surface area contributed by atoms with Crippen LogP contribution in [0.4, 0.5) is 0 Å². The summed E-state index contributed by atoms with van der Waals surface area (Å²) >= 11 is 0. The lowest BCUT2D eigenvalue weighted by atomic mass is 9.98. The first-order valence-electron chi connectivity index (χ1n) is 6.70. The zero-order valence-electron chi connectivity index (χ0n) is 10.9. The lowest BCUT2D eigenvalue weighted by Gasteiger charge is -2.26. The van der Waals surface area contributed by atoms with Gasteiger partial charge in [-0.05, 0) is 25.3 Å². The molecule has 2 aliphatic heterocycles. The number of rotatable bonds is 3. The largest absolute Gasteiger partial charge is 0.384 e. The van der Waals surface area contributed by atoms with Gasteiger partial charge >= 0.3 is 0 Å². The molecule has 0 spiro atoms. The van der Waals surface area contributed by atoms with Crippen LogP contribution in [0.15, 0.2) is 0 Å². The third-order valence-corrected chi connectivity index (χ3v) is 4.11. The molecule has 98 valence electrons. The van der Waals surface area contributed by atoms with Gasteiger partial charge in [-0.3, -0.25) is 4.79 Å². The second-order valence-corrected chi connectivity index (χ2v) is 5.48. The van der Waals surface area contributed by atoms with E-state index in [0.29, 0.717) is 17.7 Å². The van der Waals surface area contributed by atoms with E-state index in [2.05, 4.69) is 12.2 Å². The van der Waals surface area contributed by atoms with Crippen LogP contribution in [0.1, 0.15) is 19.8 Å². The first kappa shape index (κ1) is 12.8. The fourth-order valence-electron chi connectivity index (χ4n) is 2.97. The van der Waals surface area contributed by atoms with Gasteiger partial charge in [0.25, 0.3) is 0 Å². The van der Waals surface area contributed by atoms with Crippen LogP contribution in [0, 0.1) is 17.8 Å². The molecule has 2 saturated heterocycles. The van der Waals surface area contributed by atoms with E-state index in [4.69, 9.17) is 4.74 Å². The third-order valence-electron chi connectivity index (χ3n) is 4.11. The third kappa shape index (κ3) is 2.99. The van der Waals surface area contributed by atoms with Gasteiger partial charge in [-0.25, -0.2) is 0 Å². The van der Waals surface area contributed by atoms with Crippen molar-refractivity contribution >= 4 is 5.91 Å². The molecule has 2 heterocycles. The van der Waals surface area contributed by atoms with Crippen molar-refractivity contribution in [2.45, 2.75) is 19.8 Å². The van der Waals surface area contributed by atoms with Crippen molar-refractivity contribution in [3.8, 4) is 0 Å². The molecule has 1 amide bonds. The zero-order chi connectivity index (χ0) is 12.3. The summed E-state index contributed by atoms with van der Waals surface area (Å²) < 4.78 is 5.22. The minimum absolute atomic E-state index is 0.206. The van der Waals surface area contributed by atoms with Gasteiger partial charge in [0.15, 0.2) is 0 Å². The van der Waals surface area contributed by atoms with Crippen molar-refractivity contribution in [1.82, 2.24) is 10.2 Å². The van der Waals surface area contributed by atoms with E-state index in [1.54, 1.807) is 7.11 Å². The van der Waals surface area contributed by atoms with Gasteiger partial charge in [-0.15, -0.1) is 0 Å². The Morgan fingerprint density at radius 3 is 2.94 bits per heavy atom. The summed E-state index contributed by atoms with van der Waals surface area (Å²) in [7, 11) is 1.74. The molecule has 3 atom stereocenters. The van der Waals surface area contributed by atoms with Crippen molar-refractivity contribution < 1.29 is 9.53 Å². The summed E-state index contributed by atoms with van der Waals surface area (Å²) in [6, 6.07) is 0. The molecule has 0 saturated carbocycles. The first-order valence-corrected chi connectivity index (χ1v) is 6.70. The smallest absolute Gasteiger partial charge is 0.226 e. The second-order valence-electron chi connectivity index (χ2n) is 5.48. The lowest BCUT2D eigenvalue weighted by Crippen LogP contribution is -2.42. The molecule has 0 unspecified atom stereocenters. The van der Waals surface area contributed by atoms with Crippen LogP contribution in [-0.4, -0.2) is 50.7 Å². The normalized spacial score (nSPS) is 34.0. The van der Waals surface area contributed by atoms with Crippen molar-refractivity contribution in [2.24, 2.45) is 17.8 Å². The van der Waals surface area contributed by atoms with Gasteiger partial charge in [-0.2, -0.15) is 0 Å². The van der Waals surface area contributed by atoms with Gasteiger partial charge in [0, 0.05) is 32.7 Å². The number of amides is 1. The van der Waals surface area contributed by atoms with Crippen LogP contribution >= 0.6 is 0 Å². The average molecular weight is 240 g/mol. The highest BCUT2D eigenvalue weighted by Crippen LogP contribution is 2.25. The molecule has 0 bridgehead atoms. The monoisotopic (exact) mass is 240 g/mol. The number of nitrogens with one attached hydrogen (secondary N) is 1. The predicted molar refractivity (Wildman–Crippen MR) is 66.7 cm³/mol. The Morgan fingerprint density at radius 1 is 1.47 bits per heavy atom. The quantitative estimate of drug-likeness (QED) is 0.790. The van der Waals surface area contributed by atoms with Gasteiger partial charge < -0.3 is 15.0 Å². The Hall–Kier alpha value is -0.610. The Kier molecular flexibility index (Phi) is 4.40. The molecule has 0 aromatic carbocycles. The topological polar surface area (TPSA) is 41.6 Å². The molecule has 4 heteroatoms. The number of methoxy groups -OCH3 is 1. The van der Waals surface area contributed by atoms with Gasteiger partial charge in [0.1, 0.15) is 0 Å². The van der Waals surface area contributed by atoms with Gasteiger partial charge in [0.2, 0.25) is 5.91 Å². The number of carbonyl (C=O) groups excluding carboxylic acids is 1. The van der Waals surface area contributed by atoms with Crippen LogP contribution < -0.4 is 5.32 Å². The fourth-order valence-corrected chi connectivity index (χ4v) is 2.97. The van der Waals surface area contributed by atoms with Crippen molar-refractivity contribution in [1.29, 1.82) is 0 Å². The first-order chi connectivity index (χ1) is 8.22. The summed E-state index contributed by atoms with van der Waals surface area (Å²) in [6.45, 7) is 6.70. The number of ether oxygens (including phenoxy) is 1.